The Bertz CT molecular complexity index is 2010. The van der Waals surface area contributed by atoms with Crippen LogP contribution in [0.2, 0.25) is 5.02 Å². The number of aromatic carboxylic acids is 1. The number of hydrogen-bond donors (Lipinski definition) is 2. The van der Waals surface area contributed by atoms with E-state index in [1.807, 2.05) is 6.07 Å². The van der Waals surface area contributed by atoms with E-state index in [9.17, 15) is 41.4 Å². The van der Waals surface area contributed by atoms with Crippen LogP contribution in [-0.4, -0.2) is 46.3 Å². The lowest BCUT2D eigenvalue weighted by Gasteiger charge is -2.28. The lowest BCUT2D eigenvalue weighted by atomic mass is 9.85. The molecule has 2 N–H and O–H groups in total. The van der Waals surface area contributed by atoms with E-state index >= 15 is 4.39 Å². The molecule has 1 aliphatic carbocycles. The molecule has 0 aliphatic heterocycles. The van der Waals surface area contributed by atoms with Crippen LogP contribution in [-0.2, 0) is 27.9 Å². The molecule has 50 heavy (non-hydrogen) atoms. The number of aromatic nitrogens is 1. The number of rotatable bonds is 11. The highest BCUT2D eigenvalue weighted by molar-refractivity contribution is 7.89. The molecule has 0 spiro atoms. The second kappa shape index (κ2) is 15.2. The first-order valence-corrected chi connectivity index (χ1v) is 17.4. The molecule has 5 rings (SSSR count). The zero-order valence-electron chi connectivity index (χ0n) is 26.7. The lowest BCUT2D eigenvalue weighted by molar-refractivity contribution is -0.119. The van der Waals surface area contributed by atoms with Crippen molar-refractivity contribution in [3.8, 4) is 5.75 Å². The van der Waals surface area contributed by atoms with Gasteiger partial charge in [-0.25, -0.2) is 30.8 Å². The van der Waals surface area contributed by atoms with E-state index in [0.29, 0.717) is 27.0 Å². The number of benzene rings is 3. The average molecular weight is 734 g/mol. The number of carbonyl (C=O) groups excluding carboxylic acids is 1. The van der Waals surface area contributed by atoms with Gasteiger partial charge in [0, 0.05) is 24.5 Å². The molecular formula is C35H32ClF4N3O6S. The number of carboxylic acids is 1. The van der Waals surface area contributed by atoms with Crippen molar-refractivity contribution in [1.82, 2.24) is 9.29 Å². The minimum atomic E-state index is -5.38. The van der Waals surface area contributed by atoms with Crippen molar-refractivity contribution in [1.29, 1.82) is 0 Å². The molecule has 0 bridgehead atoms. The largest absolute Gasteiger partial charge is 0.507 e. The number of phenols is 1. The number of nitrogens with zero attached hydrogens (tertiary/aromatic N) is 3. The Morgan fingerprint density at radius 1 is 0.920 bits per heavy atom. The van der Waals surface area contributed by atoms with Crippen molar-refractivity contribution in [3.63, 3.8) is 0 Å². The zero-order chi connectivity index (χ0) is 36.3. The fourth-order valence-electron chi connectivity index (χ4n) is 5.94. The van der Waals surface area contributed by atoms with Crippen molar-refractivity contribution in [2.75, 3.05) is 11.4 Å². The number of aromatic hydroxyl groups is 1. The Balaban J connectivity index is 1.57. The molecule has 1 heterocycles. The van der Waals surface area contributed by atoms with Gasteiger partial charge in [-0.3, -0.25) is 9.78 Å². The number of hydrogen-bond acceptors (Lipinski definition) is 6. The van der Waals surface area contributed by atoms with Crippen LogP contribution < -0.4 is 4.90 Å². The molecule has 0 atom stereocenters. The molecule has 0 saturated heterocycles. The number of halogens is 5. The minimum Gasteiger partial charge on any atom is -0.507 e. The van der Waals surface area contributed by atoms with E-state index in [-0.39, 0.29) is 12.2 Å². The van der Waals surface area contributed by atoms with Gasteiger partial charge < -0.3 is 15.1 Å². The summed E-state index contributed by atoms with van der Waals surface area (Å²) in [5.74, 6) is -11.9. The molecule has 9 nitrogen and oxygen atoms in total. The van der Waals surface area contributed by atoms with Gasteiger partial charge >= 0.3 is 5.97 Å². The topological polar surface area (TPSA) is 128 Å². The second-order valence-corrected chi connectivity index (χ2v) is 14.3. The molecule has 1 fully saturated rings. The Hall–Kier alpha value is -4.53. The fraction of sp³-hybridized carbons (Fsp3) is 0.286. The van der Waals surface area contributed by atoms with Crippen LogP contribution in [0.4, 0.5) is 23.2 Å². The lowest BCUT2D eigenvalue weighted by Crippen LogP contribution is -2.43. The highest BCUT2D eigenvalue weighted by Gasteiger charge is 2.38. The SMILES string of the molecule is Cc1ccccc1CN(CC(=O)N(Cc1ccc(C2CCCCC2)cn1)c1ccc(C(=O)O)c(O)c1)S(=O)(=O)c1c(F)c(F)c(F)c(F)c1Cl. The highest BCUT2D eigenvalue weighted by Crippen LogP contribution is 2.35. The van der Waals surface area contributed by atoms with Gasteiger partial charge in [-0.05, 0) is 60.6 Å². The van der Waals surface area contributed by atoms with Crippen LogP contribution in [0.25, 0.3) is 0 Å². The molecule has 1 saturated carbocycles. The standard InChI is InChI=1S/C35H32ClF4N3O6S/c1-20-7-5-6-10-23(20)17-42(50(48,49)34-29(36)30(37)31(38)32(39)33(34)40)19-28(45)43(25-13-14-26(35(46)47)27(44)15-25)18-24-12-11-22(16-41-24)21-8-3-2-4-9-21/h5-7,10-16,21,44H,2-4,8-9,17-19H2,1H3,(H,46,47). The third kappa shape index (κ3) is 7.62. The summed E-state index contributed by atoms with van der Waals surface area (Å²) < 4.78 is 86.3. The van der Waals surface area contributed by atoms with Crippen LogP contribution in [0.1, 0.15) is 70.8 Å². The molecular weight excluding hydrogens is 702 g/mol. The fourth-order valence-corrected chi connectivity index (χ4v) is 7.88. The van der Waals surface area contributed by atoms with Crippen LogP contribution in [0.3, 0.4) is 0 Å². The number of sulfonamides is 1. The van der Waals surface area contributed by atoms with Crippen LogP contribution >= 0.6 is 11.6 Å². The summed E-state index contributed by atoms with van der Waals surface area (Å²) >= 11 is 5.76. The first kappa shape index (κ1) is 36.7. The number of pyridine rings is 1. The quantitative estimate of drug-likeness (QED) is 0.0930. The zero-order valence-corrected chi connectivity index (χ0v) is 28.2. The van der Waals surface area contributed by atoms with Crippen molar-refractivity contribution in [2.24, 2.45) is 0 Å². The van der Waals surface area contributed by atoms with Gasteiger partial charge in [0.25, 0.3) is 0 Å². The predicted molar refractivity (Wildman–Crippen MR) is 176 cm³/mol. The molecule has 15 heteroatoms. The third-order valence-electron chi connectivity index (χ3n) is 8.76. The number of amides is 1. The number of aryl methyl sites for hydroxylation is 1. The monoisotopic (exact) mass is 733 g/mol. The first-order chi connectivity index (χ1) is 23.7. The summed E-state index contributed by atoms with van der Waals surface area (Å²) in [6.07, 6.45) is 7.07. The van der Waals surface area contributed by atoms with Gasteiger partial charge in [0.1, 0.15) is 21.2 Å². The van der Waals surface area contributed by atoms with Crippen molar-refractivity contribution in [3.05, 3.63) is 117 Å². The summed E-state index contributed by atoms with van der Waals surface area (Å²) in [6.45, 7) is -0.339. The first-order valence-electron chi connectivity index (χ1n) is 15.6. The smallest absolute Gasteiger partial charge is 0.339 e. The number of carbonyl (C=O) groups is 2. The second-order valence-electron chi connectivity index (χ2n) is 12.0. The van der Waals surface area contributed by atoms with Gasteiger partial charge in [0.05, 0.1) is 18.8 Å². The third-order valence-corrected chi connectivity index (χ3v) is 11.1. The van der Waals surface area contributed by atoms with Crippen LogP contribution in [0, 0.1) is 30.2 Å². The maximum atomic E-state index is 15.1. The molecule has 264 valence electrons. The van der Waals surface area contributed by atoms with E-state index in [1.54, 1.807) is 37.4 Å². The summed E-state index contributed by atoms with van der Waals surface area (Å²) in [5.41, 5.74) is 1.74. The van der Waals surface area contributed by atoms with Gasteiger partial charge in [-0.1, -0.05) is 61.2 Å². The summed E-state index contributed by atoms with van der Waals surface area (Å²) in [7, 11) is -5.38. The van der Waals surface area contributed by atoms with Crippen molar-refractivity contribution >= 4 is 39.2 Å². The normalized spacial score (nSPS) is 13.8. The van der Waals surface area contributed by atoms with Gasteiger partial charge in [-0.2, -0.15) is 4.31 Å². The van der Waals surface area contributed by atoms with Crippen LogP contribution in [0.15, 0.2) is 65.7 Å². The highest BCUT2D eigenvalue weighted by atomic mass is 35.5. The maximum absolute atomic E-state index is 15.1. The van der Waals surface area contributed by atoms with E-state index in [1.165, 1.54) is 12.1 Å². The molecule has 0 unspecified atom stereocenters. The molecule has 0 radical (unpaired) electrons. The molecule has 1 aromatic heterocycles. The van der Waals surface area contributed by atoms with E-state index in [4.69, 9.17) is 11.6 Å². The van der Waals surface area contributed by atoms with E-state index in [0.717, 1.165) is 54.7 Å². The van der Waals surface area contributed by atoms with Crippen LogP contribution in [0.5, 0.6) is 5.75 Å². The summed E-state index contributed by atoms with van der Waals surface area (Å²) in [4.78, 5) is 29.6. The van der Waals surface area contributed by atoms with Crippen molar-refractivity contribution in [2.45, 2.75) is 62.9 Å². The number of carboxylic acid groups (broad SMARTS) is 1. The maximum Gasteiger partial charge on any atom is 0.339 e. The molecule has 1 aliphatic rings. The Labute approximate surface area is 290 Å². The Morgan fingerprint density at radius 2 is 1.60 bits per heavy atom. The predicted octanol–water partition coefficient (Wildman–Crippen LogP) is 7.48. The van der Waals surface area contributed by atoms with Crippen molar-refractivity contribution < 1.29 is 45.8 Å². The summed E-state index contributed by atoms with van der Waals surface area (Å²) in [6, 6.07) is 13.2. The summed E-state index contributed by atoms with van der Waals surface area (Å²) in [5, 5.41) is 18.3. The molecule has 4 aromatic rings. The Kier molecular flexibility index (Phi) is 11.1. The van der Waals surface area contributed by atoms with Gasteiger partial charge in [0.2, 0.25) is 15.9 Å². The molecule has 1 amide bonds. The van der Waals surface area contributed by atoms with E-state index in [2.05, 4.69) is 4.98 Å². The average Bonchev–Trinajstić information content (AvgIpc) is 3.09. The van der Waals surface area contributed by atoms with Gasteiger partial charge in [0.15, 0.2) is 23.3 Å². The Morgan fingerprint density at radius 3 is 2.22 bits per heavy atom. The van der Waals surface area contributed by atoms with E-state index < -0.39 is 79.5 Å². The van der Waals surface area contributed by atoms with Gasteiger partial charge in [-0.15, -0.1) is 0 Å². The minimum absolute atomic E-state index is 0.0491. The molecule has 3 aromatic carbocycles. The number of anilines is 1.